The second-order valence-corrected chi connectivity index (χ2v) is 6.83. The van der Waals surface area contributed by atoms with E-state index in [9.17, 15) is 0 Å². The predicted octanol–water partition coefficient (Wildman–Crippen LogP) is 3.30. The van der Waals surface area contributed by atoms with E-state index >= 15 is 0 Å². The molecule has 1 atom stereocenters. The van der Waals surface area contributed by atoms with Crippen molar-refractivity contribution in [2.75, 3.05) is 31.5 Å². The highest BCUT2D eigenvalue weighted by Gasteiger charge is 2.15. The van der Waals surface area contributed by atoms with E-state index in [1.165, 1.54) is 25.9 Å². The van der Waals surface area contributed by atoms with Crippen LogP contribution in [0.1, 0.15) is 31.2 Å². The van der Waals surface area contributed by atoms with Crippen molar-refractivity contribution < 1.29 is 0 Å². The maximum absolute atomic E-state index is 4.65. The molecule has 1 fully saturated rings. The average Bonchev–Trinajstić information content (AvgIpc) is 2.55. The molecule has 2 aromatic rings. The summed E-state index contributed by atoms with van der Waals surface area (Å²) in [6.07, 6.45) is 4.48. The zero-order chi connectivity index (χ0) is 16.9. The summed E-state index contributed by atoms with van der Waals surface area (Å²) in [6.45, 7) is 10.7. The van der Waals surface area contributed by atoms with Gasteiger partial charge in [0.25, 0.3) is 0 Å². The minimum Gasteiger partial charge on any atom is -0.353 e. The maximum atomic E-state index is 4.65. The molecule has 5 nitrogen and oxygen atoms in total. The van der Waals surface area contributed by atoms with E-state index in [-0.39, 0.29) is 0 Å². The Morgan fingerprint density at radius 3 is 2.88 bits per heavy atom. The van der Waals surface area contributed by atoms with Gasteiger partial charge in [-0.25, -0.2) is 9.97 Å². The van der Waals surface area contributed by atoms with Crippen molar-refractivity contribution in [1.29, 1.82) is 0 Å². The molecule has 5 heteroatoms. The third kappa shape index (κ3) is 4.29. The molecule has 1 aliphatic rings. The van der Waals surface area contributed by atoms with Crippen LogP contribution in [0.5, 0.6) is 0 Å². The van der Waals surface area contributed by atoms with Crippen LogP contribution in [0.3, 0.4) is 0 Å². The molecule has 2 aromatic heterocycles. The Kier molecular flexibility index (Phi) is 5.41. The summed E-state index contributed by atoms with van der Waals surface area (Å²) >= 11 is 0. The molecule has 0 spiro atoms. The molecule has 0 aromatic carbocycles. The quantitative estimate of drug-likeness (QED) is 0.914. The van der Waals surface area contributed by atoms with E-state index in [1.807, 2.05) is 32.2 Å². The van der Waals surface area contributed by atoms with E-state index in [2.05, 4.69) is 38.2 Å². The third-order valence-corrected chi connectivity index (χ3v) is 4.61. The lowest BCUT2D eigenvalue weighted by molar-refractivity contribution is 0.190. The van der Waals surface area contributed by atoms with Gasteiger partial charge in [-0.2, -0.15) is 0 Å². The average molecular weight is 325 g/mol. The number of anilines is 1. The standard InChI is InChI=1S/C19H27N5/c1-14-5-4-11-24(13-14)12-10-21-19-20-9-8-18(23-19)17-7-6-15(2)22-16(17)3/h6-9,14H,4-5,10-13H2,1-3H3,(H,20,21,23)/t14-/m0/s1. The molecular weight excluding hydrogens is 298 g/mol. The van der Waals surface area contributed by atoms with Crippen molar-refractivity contribution in [3.8, 4) is 11.3 Å². The molecule has 0 saturated carbocycles. The van der Waals surface area contributed by atoms with Gasteiger partial charge in [0.15, 0.2) is 0 Å². The number of aromatic nitrogens is 3. The Morgan fingerprint density at radius 1 is 1.21 bits per heavy atom. The fourth-order valence-electron chi connectivity index (χ4n) is 3.37. The summed E-state index contributed by atoms with van der Waals surface area (Å²) < 4.78 is 0. The minimum absolute atomic E-state index is 0.692. The Hall–Kier alpha value is -2.01. The monoisotopic (exact) mass is 325 g/mol. The van der Waals surface area contributed by atoms with Crippen molar-refractivity contribution in [3.63, 3.8) is 0 Å². The van der Waals surface area contributed by atoms with E-state index in [0.29, 0.717) is 5.95 Å². The number of piperidine rings is 1. The molecule has 3 rings (SSSR count). The minimum atomic E-state index is 0.692. The molecule has 24 heavy (non-hydrogen) atoms. The highest BCUT2D eigenvalue weighted by atomic mass is 15.2. The summed E-state index contributed by atoms with van der Waals surface area (Å²) in [5.41, 5.74) is 4.02. The van der Waals surface area contributed by atoms with Crippen LogP contribution in [-0.4, -0.2) is 46.0 Å². The summed E-state index contributed by atoms with van der Waals surface area (Å²) in [5.74, 6) is 1.51. The first kappa shape index (κ1) is 16.8. The van der Waals surface area contributed by atoms with E-state index in [1.54, 1.807) is 0 Å². The third-order valence-electron chi connectivity index (χ3n) is 4.61. The number of likely N-dealkylation sites (tertiary alicyclic amines) is 1. The van der Waals surface area contributed by atoms with Crippen molar-refractivity contribution in [1.82, 2.24) is 19.9 Å². The summed E-state index contributed by atoms with van der Waals surface area (Å²) in [7, 11) is 0. The van der Waals surface area contributed by atoms with Crippen LogP contribution in [-0.2, 0) is 0 Å². The van der Waals surface area contributed by atoms with Crippen LogP contribution in [0.15, 0.2) is 24.4 Å². The summed E-state index contributed by atoms with van der Waals surface area (Å²) in [5, 5.41) is 3.36. The van der Waals surface area contributed by atoms with Gasteiger partial charge in [-0.15, -0.1) is 0 Å². The van der Waals surface area contributed by atoms with Crippen molar-refractivity contribution in [2.45, 2.75) is 33.6 Å². The van der Waals surface area contributed by atoms with Crippen LogP contribution >= 0.6 is 0 Å². The fourth-order valence-corrected chi connectivity index (χ4v) is 3.37. The van der Waals surface area contributed by atoms with Crippen LogP contribution in [0.25, 0.3) is 11.3 Å². The molecule has 128 valence electrons. The zero-order valence-electron chi connectivity index (χ0n) is 14.9. The van der Waals surface area contributed by atoms with Gasteiger partial charge in [0.2, 0.25) is 5.95 Å². The molecule has 1 saturated heterocycles. The number of hydrogen-bond donors (Lipinski definition) is 1. The van der Waals surface area contributed by atoms with Gasteiger partial charge < -0.3 is 10.2 Å². The van der Waals surface area contributed by atoms with Crippen LogP contribution in [0.2, 0.25) is 0 Å². The zero-order valence-corrected chi connectivity index (χ0v) is 14.9. The van der Waals surface area contributed by atoms with Gasteiger partial charge >= 0.3 is 0 Å². The second kappa shape index (κ2) is 7.71. The van der Waals surface area contributed by atoms with E-state index in [4.69, 9.17) is 0 Å². The van der Waals surface area contributed by atoms with Crippen molar-refractivity contribution in [2.24, 2.45) is 5.92 Å². The lowest BCUT2D eigenvalue weighted by atomic mass is 10.0. The molecule has 0 amide bonds. The molecule has 3 heterocycles. The van der Waals surface area contributed by atoms with Crippen LogP contribution in [0.4, 0.5) is 5.95 Å². The fraction of sp³-hybridized carbons (Fsp3) is 0.526. The largest absolute Gasteiger partial charge is 0.353 e. The number of nitrogens with one attached hydrogen (secondary N) is 1. The Morgan fingerprint density at radius 2 is 2.08 bits per heavy atom. The molecule has 0 bridgehead atoms. The lowest BCUT2D eigenvalue weighted by Crippen LogP contribution is -2.37. The molecule has 1 aliphatic heterocycles. The van der Waals surface area contributed by atoms with Crippen molar-refractivity contribution in [3.05, 3.63) is 35.8 Å². The SMILES string of the molecule is Cc1ccc(-c2ccnc(NCCN3CCC[C@H](C)C3)n2)c(C)n1. The van der Waals surface area contributed by atoms with E-state index < -0.39 is 0 Å². The van der Waals surface area contributed by atoms with Crippen molar-refractivity contribution >= 4 is 5.95 Å². The first-order valence-electron chi connectivity index (χ1n) is 8.86. The smallest absolute Gasteiger partial charge is 0.223 e. The lowest BCUT2D eigenvalue weighted by Gasteiger charge is -2.30. The van der Waals surface area contributed by atoms with Gasteiger partial charge in [0.1, 0.15) is 0 Å². The maximum Gasteiger partial charge on any atom is 0.223 e. The number of rotatable bonds is 5. The van der Waals surface area contributed by atoms with Gasteiger partial charge in [0, 0.05) is 42.8 Å². The van der Waals surface area contributed by atoms with Gasteiger partial charge in [-0.3, -0.25) is 4.98 Å². The molecular formula is C19H27N5. The van der Waals surface area contributed by atoms with E-state index in [0.717, 1.165) is 41.7 Å². The van der Waals surface area contributed by atoms with Crippen LogP contribution < -0.4 is 5.32 Å². The number of hydrogen-bond acceptors (Lipinski definition) is 5. The first-order valence-corrected chi connectivity index (χ1v) is 8.86. The highest BCUT2D eigenvalue weighted by Crippen LogP contribution is 2.21. The Bertz CT molecular complexity index is 685. The predicted molar refractivity (Wildman–Crippen MR) is 98.1 cm³/mol. The van der Waals surface area contributed by atoms with Gasteiger partial charge in [0.05, 0.1) is 5.69 Å². The Labute approximate surface area is 144 Å². The number of pyridine rings is 1. The molecule has 0 aliphatic carbocycles. The highest BCUT2D eigenvalue weighted by molar-refractivity contribution is 5.62. The molecule has 1 N–H and O–H groups in total. The summed E-state index contributed by atoms with van der Waals surface area (Å²) in [6, 6.07) is 6.05. The second-order valence-electron chi connectivity index (χ2n) is 6.83. The first-order chi connectivity index (χ1) is 11.6. The Balaban J connectivity index is 1.61. The van der Waals surface area contributed by atoms with Gasteiger partial charge in [-0.1, -0.05) is 6.92 Å². The van der Waals surface area contributed by atoms with Gasteiger partial charge in [-0.05, 0) is 57.4 Å². The van der Waals surface area contributed by atoms with Crippen LogP contribution in [0, 0.1) is 19.8 Å². The topological polar surface area (TPSA) is 53.9 Å². The molecule has 0 unspecified atom stereocenters. The molecule has 0 radical (unpaired) electrons. The summed E-state index contributed by atoms with van der Waals surface area (Å²) in [4.78, 5) is 16.0. The number of aryl methyl sites for hydroxylation is 2. The normalized spacial score (nSPS) is 18.5. The number of nitrogens with zero attached hydrogens (tertiary/aromatic N) is 4.